The lowest BCUT2D eigenvalue weighted by Crippen LogP contribution is -2.33. The van der Waals surface area contributed by atoms with Crippen molar-refractivity contribution < 1.29 is 19.1 Å². The molecular formula is C24H21NO4. The minimum Gasteiger partial charge on any atom is -0.422 e. The Hall–Kier alpha value is -3.21. The van der Waals surface area contributed by atoms with E-state index in [4.69, 9.17) is 4.74 Å². The summed E-state index contributed by atoms with van der Waals surface area (Å²) < 4.78 is 5.61. The van der Waals surface area contributed by atoms with Crippen LogP contribution in [0.25, 0.3) is 0 Å². The van der Waals surface area contributed by atoms with Crippen LogP contribution in [0.3, 0.4) is 0 Å². The molecule has 5 nitrogen and oxygen atoms in total. The number of benzene rings is 2. The minimum atomic E-state index is -0.509. The maximum Gasteiger partial charge on any atom is 0.343 e. The average molecular weight is 387 g/mol. The van der Waals surface area contributed by atoms with Gasteiger partial charge in [-0.1, -0.05) is 36.4 Å². The number of fused-ring (bicyclic) bond motifs is 5. The maximum absolute atomic E-state index is 13.0. The van der Waals surface area contributed by atoms with E-state index in [1.165, 1.54) is 4.90 Å². The average Bonchev–Trinajstić information content (AvgIpc) is 3.38. The normalized spacial score (nSPS) is 26.9. The molecule has 1 saturated carbocycles. The zero-order valence-corrected chi connectivity index (χ0v) is 16.3. The first-order valence-corrected chi connectivity index (χ1v) is 9.90. The van der Waals surface area contributed by atoms with Crippen molar-refractivity contribution in [2.75, 3.05) is 4.90 Å². The van der Waals surface area contributed by atoms with Crippen molar-refractivity contribution in [1.29, 1.82) is 0 Å². The Labute approximate surface area is 169 Å². The van der Waals surface area contributed by atoms with E-state index in [9.17, 15) is 14.4 Å². The second kappa shape index (κ2) is 6.41. The molecule has 2 fully saturated rings. The predicted molar refractivity (Wildman–Crippen MR) is 108 cm³/mol. The highest BCUT2D eigenvalue weighted by Gasteiger charge is 2.59. The van der Waals surface area contributed by atoms with Crippen LogP contribution in [0.15, 0.2) is 54.6 Å². The highest BCUT2D eigenvalue weighted by Crippen LogP contribution is 2.53. The smallest absolute Gasteiger partial charge is 0.343 e. The number of amides is 2. The van der Waals surface area contributed by atoms with E-state index >= 15 is 0 Å². The number of aryl methyl sites for hydroxylation is 2. The molecule has 29 heavy (non-hydrogen) atoms. The third-order valence-corrected chi connectivity index (χ3v) is 6.41. The summed E-state index contributed by atoms with van der Waals surface area (Å²) in [4.78, 5) is 40.0. The number of carbonyl (C=O) groups excluding carboxylic acids is 3. The molecule has 5 heteroatoms. The molecule has 146 valence electrons. The number of imide groups is 1. The first-order valence-electron chi connectivity index (χ1n) is 9.90. The summed E-state index contributed by atoms with van der Waals surface area (Å²) in [7, 11) is 0. The van der Waals surface area contributed by atoms with Gasteiger partial charge < -0.3 is 4.74 Å². The summed E-state index contributed by atoms with van der Waals surface area (Å²) in [6.07, 6.45) is 5.03. The molecule has 5 rings (SSSR count). The van der Waals surface area contributed by atoms with Crippen LogP contribution in [0.2, 0.25) is 0 Å². The van der Waals surface area contributed by atoms with E-state index < -0.39 is 5.97 Å². The fourth-order valence-corrected chi connectivity index (χ4v) is 5.04. The fourth-order valence-electron chi connectivity index (χ4n) is 5.04. The van der Waals surface area contributed by atoms with Crippen LogP contribution in [0, 0.1) is 37.5 Å². The number of esters is 1. The number of hydrogen-bond donors (Lipinski definition) is 0. The molecule has 1 heterocycles. The van der Waals surface area contributed by atoms with Crippen molar-refractivity contribution in [3.05, 3.63) is 71.3 Å². The van der Waals surface area contributed by atoms with Gasteiger partial charge in [0.05, 0.1) is 23.1 Å². The zero-order valence-electron chi connectivity index (χ0n) is 16.3. The second-order valence-corrected chi connectivity index (χ2v) is 8.17. The van der Waals surface area contributed by atoms with E-state index in [0.717, 1.165) is 17.5 Å². The summed E-state index contributed by atoms with van der Waals surface area (Å²) in [5.41, 5.74) is 2.49. The summed E-state index contributed by atoms with van der Waals surface area (Å²) in [5.74, 6) is -0.495. The van der Waals surface area contributed by atoms with E-state index in [2.05, 4.69) is 12.2 Å². The van der Waals surface area contributed by atoms with Gasteiger partial charge in [-0.15, -0.1) is 0 Å². The molecule has 2 aromatic carbocycles. The molecule has 1 aliphatic heterocycles. The number of anilines is 1. The van der Waals surface area contributed by atoms with Gasteiger partial charge in [0.1, 0.15) is 5.75 Å². The van der Waals surface area contributed by atoms with Gasteiger partial charge in [-0.2, -0.15) is 0 Å². The van der Waals surface area contributed by atoms with Crippen LogP contribution in [-0.2, 0) is 9.59 Å². The van der Waals surface area contributed by atoms with Crippen LogP contribution < -0.4 is 9.64 Å². The van der Waals surface area contributed by atoms with Crippen molar-refractivity contribution in [3.63, 3.8) is 0 Å². The van der Waals surface area contributed by atoms with E-state index in [1.54, 1.807) is 24.3 Å². The van der Waals surface area contributed by atoms with Gasteiger partial charge in [-0.25, -0.2) is 9.69 Å². The van der Waals surface area contributed by atoms with Crippen molar-refractivity contribution >= 4 is 23.5 Å². The number of ether oxygens (including phenoxy) is 1. The van der Waals surface area contributed by atoms with Gasteiger partial charge >= 0.3 is 5.97 Å². The van der Waals surface area contributed by atoms with Crippen molar-refractivity contribution in [2.45, 2.75) is 20.3 Å². The lowest BCUT2D eigenvalue weighted by Gasteiger charge is -2.18. The quantitative estimate of drug-likeness (QED) is 0.347. The van der Waals surface area contributed by atoms with Crippen LogP contribution >= 0.6 is 0 Å². The Kier molecular flexibility index (Phi) is 3.95. The highest BCUT2D eigenvalue weighted by molar-refractivity contribution is 6.23. The molecule has 2 aliphatic carbocycles. The monoisotopic (exact) mass is 387 g/mol. The number of nitrogens with zero attached hydrogens (tertiary/aromatic N) is 1. The second-order valence-electron chi connectivity index (χ2n) is 8.17. The molecule has 0 aromatic heterocycles. The summed E-state index contributed by atoms with van der Waals surface area (Å²) in [6.45, 7) is 3.77. The highest BCUT2D eigenvalue weighted by atomic mass is 16.5. The third-order valence-electron chi connectivity index (χ3n) is 6.41. The molecule has 2 amide bonds. The summed E-state index contributed by atoms with van der Waals surface area (Å²) in [6, 6.07) is 12.3. The lowest BCUT2D eigenvalue weighted by atomic mass is 9.85. The predicted octanol–water partition coefficient (Wildman–Crippen LogP) is 3.83. The molecule has 4 unspecified atom stereocenters. The molecular weight excluding hydrogens is 366 g/mol. The number of carbonyl (C=O) groups is 3. The largest absolute Gasteiger partial charge is 0.422 e. The zero-order chi connectivity index (χ0) is 20.3. The van der Waals surface area contributed by atoms with E-state index in [-0.39, 0.29) is 35.5 Å². The first kappa shape index (κ1) is 17.9. The number of rotatable bonds is 3. The minimum absolute atomic E-state index is 0.155. The van der Waals surface area contributed by atoms with Gasteiger partial charge in [0.15, 0.2) is 0 Å². The van der Waals surface area contributed by atoms with Crippen LogP contribution in [0.5, 0.6) is 5.75 Å². The fraction of sp³-hybridized carbons (Fsp3) is 0.292. The molecule has 2 bridgehead atoms. The Balaban J connectivity index is 1.43. The maximum atomic E-state index is 13.0. The van der Waals surface area contributed by atoms with Crippen molar-refractivity contribution in [2.24, 2.45) is 23.7 Å². The van der Waals surface area contributed by atoms with E-state index in [0.29, 0.717) is 17.0 Å². The number of para-hydroxylation sites is 1. The van der Waals surface area contributed by atoms with Crippen molar-refractivity contribution in [1.82, 2.24) is 0 Å². The van der Waals surface area contributed by atoms with Gasteiger partial charge in [0.25, 0.3) is 0 Å². The SMILES string of the molecule is Cc1cccc(C)c1OC(=O)c1cccc(N2C(=O)C3C4C=CC(C4)C3C2=O)c1. The molecule has 2 aromatic rings. The standard InChI is InChI=1S/C24H21NO4/c1-13-5-3-6-14(2)21(13)29-24(28)17-7-4-8-18(12-17)25-22(26)19-15-9-10-16(11-15)20(19)23(25)27/h3-10,12,15-16,19-20H,11H2,1-2H3. The molecule has 4 atom stereocenters. The molecule has 0 N–H and O–H groups in total. The van der Waals surface area contributed by atoms with Gasteiger partial charge in [-0.05, 0) is 61.4 Å². The lowest BCUT2D eigenvalue weighted by molar-refractivity contribution is -0.123. The van der Waals surface area contributed by atoms with Gasteiger partial charge in [0, 0.05) is 0 Å². The van der Waals surface area contributed by atoms with Gasteiger partial charge in [-0.3, -0.25) is 9.59 Å². The summed E-state index contributed by atoms with van der Waals surface area (Å²) in [5, 5.41) is 0. The third kappa shape index (κ3) is 2.64. The number of allylic oxidation sites excluding steroid dienone is 2. The summed E-state index contributed by atoms with van der Waals surface area (Å²) >= 11 is 0. The Morgan fingerprint density at radius 2 is 1.52 bits per heavy atom. The van der Waals surface area contributed by atoms with Crippen LogP contribution in [0.4, 0.5) is 5.69 Å². The van der Waals surface area contributed by atoms with Crippen LogP contribution in [-0.4, -0.2) is 17.8 Å². The van der Waals surface area contributed by atoms with Gasteiger partial charge in [0.2, 0.25) is 11.8 Å². The Morgan fingerprint density at radius 1 is 0.931 bits per heavy atom. The van der Waals surface area contributed by atoms with Crippen LogP contribution in [0.1, 0.15) is 27.9 Å². The van der Waals surface area contributed by atoms with E-state index in [1.807, 2.05) is 32.0 Å². The Bertz CT molecular complexity index is 1040. The molecule has 3 aliphatic rings. The topological polar surface area (TPSA) is 63.7 Å². The molecule has 0 spiro atoms. The molecule has 0 radical (unpaired) electrons. The Morgan fingerprint density at radius 3 is 2.14 bits per heavy atom. The first-order chi connectivity index (χ1) is 14.0. The molecule has 1 saturated heterocycles. The van der Waals surface area contributed by atoms with Crippen molar-refractivity contribution in [3.8, 4) is 5.75 Å². The number of hydrogen-bond acceptors (Lipinski definition) is 4.